The van der Waals surface area contributed by atoms with Crippen LogP contribution in [0, 0.1) is 28.1 Å². The van der Waals surface area contributed by atoms with E-state index in [1.54, 1.807) is 0 Å². The number of nitriles is 1. The fraction of sp³-hybridized carbons (Fsp3) is 0.800. The molecule has 4 atom stereocenters. The molecule has 2 aliphatic rings. The van der Waals surface area contributed by atoms with Gasteiger partial charge in [0.25, 0.3) is 0 Å². The number of fused-ring (bicyclic) bond motifs is 2. The molecule has 0 saturated carbocycles. The Balaban J connectivity index is 2.63. The third-order valence-corrected chi connectivity index (χ3v) is 6.10. The number of hydrogen-bond acceptors (Lipinski definition) is 2. The summed E-state index contributed by atoms with van der Waals surface area (Å²) in [7, 11) is -0.881. The van der Waals surface area contributed by atoms with Crippen LogP contribution in [0.15, 0.2) is 11.1 Å². The van der Waals surface area contributed by atoms with Gasteiger partial charge in [-0.3, -0.25) is 4.21 Å². The fourth-order valence-electron chi connectivity index (χ4n) is 3.50. The van der Waals surface area contributed by atoms with Crippen molar-refractivity contribution in [3.63, 3.8) is 0 Å². The van der Waals surface area contributed by atoms with Gasteiger partial charge in [-0.25, -0.2) is 0 Å². The molecular formula is C15H23NOS. The maximum absolute atomic E-state index is 12.6. The van der Waals surface area contributed by atoms with Crippen LogP contribution in [-0.2, 0) is 10.8 Å². The highest BCUT2D eigenvalue weighted by Gasteiger charge is 2.56. The molecular weight excluding hydrogens is 242 g/mol. The second-order valence-corrected chi connectivity index (χ2v) is 9.27. The Labute approximate surface area is 113 Å². The number of hydrogen-bond donors (Lipinski definition) is 0. The lowest BCUT2D eigenvalue weighted by Gasteiger charge is -2.36. The van der Waals surface area contributed by atoms with Gasteiger partial charge in [-0.05, 0) is 28.4 Å². The molecule has 2 heterocycles. The zero-order chi connectivity index (χ0) is 13.9. The molecule has 0 aromatic carbocycles. The Kier molecular flexibility index (Phi) is 3.02. The van der Waals surface area contributed by atoms with Crippen LogP contribution < -0.4 is 0 Å². The highest BCUT2D eigenvalue weighted by Crippen LogP contribution is 2.55. The van der Waals surface area contributed by atoms with E-state index >= 15 is 0 Å². The first-order chi connectivity index (χ1) is 8.09. The second-order valence-electron chi connectivity index (χ2n) is 7.54. The van der Waals surface area contributed by atoms with Gasteiger partial charge in [0.05, 0.1) is 22.5 Å². The Morgan fingerprint density at radius 1 is 1.11 bits per heavy atom. The van der Waals surface area contributed by atoms with Crippen molar-refractivity contribution in [2.24, 2.45) is 16.7 Å². The van der Waals surface area contributed by atoms with Crippen LogP contribution in [0.4, 0.5) is 0 Å². The topological polar surface area (TPSA) is 40.9 Å². The molecule has 2 aliphatic heterocycles. The van der Waals surface area contributed by atoms with E-state index in [1.165, 1.54) is 11.1 Å². The van der Waals surface area contributed by atoms with Gasteiger partial charge >= 0.3 is 0 Å². The van der Waals surface area contributed by atoms with E-state index in [4.69, 9.17) is 0 Å². The minimum atomic E-state index is -0.881. The van der Waals surface area contributed by atoms with Crippen molar-refractivity contribution in [2.45, 2.75) is 58.5 Å². The van der Waals surface area contributed by atoms with Crippen LogP contribution in [0.3, 0.4) is 0 Å². The Hall–Kier alpha value is -0.620. The first kappa shape index (κ1) is 13.8. The summed E-state index contributed by atoms with van der Waals surface area (Å²) >= 11 is 0. The minimum Gasteiger partial charge on any atom is -0.258 e. The molecule has 0 spiro atoms. The van der Waals surface area contributed by atoms with Gasteiger partial charge in [0.15, 0.2) is 0 Å². The summed E-state index contributed by atoms with van der Waals surface area (Å²) in [5, 5.41) is 9.37. The third kappa shape index (κ3) is 1.86. The van der Waals surface area contributed by atoms with Crippen LogP contribution in [0.1, 0.15) is 48.0 Å². The van der Waals surface area contributed by atoms with Gasteiger partial charge in [-0.1, -0.05) is 41.5 Å². The molecule has 0 amide bonds. The summed E-state index contributed by atoms with van der Waals surface area (Å²) in [4.78, 5) is 0. The van der Waals surface area contributed by atoms with E-state index in [-0.39, 0.29) is 27.2 Å². The van der Waals surface area contributed by atoms with Gasteiger partial charge < -0.3 is 0 Å². The first-order valence-corrected chi connectivity index (χ1v) is 7.90. The summed E-state index contributed by atoms with van der Waals surface area (Å²) in [6.07, 6.45) is 0.792. The quantitative estimate of drug-likeness (QED) is 0.630. The van der Waals surface area contributed by atoms with Crippen LogP contribution >= 0.6 is 0 Å². The zero-order valence-electron chi connectivity index (χ0n) is 12.2. The van der Waals surface area contributed by atoms with E-state index in [9.17, 15) is 9.47 Å². The monoisotopic (exact) mass is 265 g/mol. The molecule has 2 nitrogen and oxygen atoms in total. The summed E-state index contributed by atoms with van der Waals surface area (Å²) < 4.78 is 12.6. The highest BCUT2D eigenvalue weighted by atomic mass is 32.2. The number of nitrogens with zero attached hydrogens (tertiary/aromatic N) is 1. The third-order valence-electron chi connectivity index (χ3n) is 4.04. The molecule has 1 saturated heterocycles. The molecule has 0 aromatic rings. The Morgan fingerprint density at radius 3 is 2.00 bits per heavy atom. The fourth-order valence-corrected chi connectivity index (χ4v) is 6.18. The Morgan fingerprint density at radius 2 is 1.61 bits per heavy atom. The van der Waals surface area contributed by atoms with Crippen LogP contribution in [0.25, 0.3) is 0 Å². The van der Waals surface area contributed by atoms with Gasteiger partial charge in [0.1, 0.15) is 0 Å². The average molecular weight is 265 g/mol. The van der Waals surface area contributed by atoms with Crippen molar-refractivity contribution in [1.82, 2.24) is 0 Å². The van der Waals surface area contributed by atoms with Crippen molar-refractivity contribution in [3.05, 3.63) is 11.1 Å². The molecule has 0 N–H and O–H groups in total. The average Bonchev–Trinajstić information content (AvgIpc) is 2.66. The predicted molar refractivity (Wildman–Crippen MR) is 75.4 cm³/mol. The van der Waals surface area contributed by atoms with Crippen molar-refractivity contribution >= 4 is 10.8 Å². The maximum atomic E-state index is 12.6. The molecule has 2 rings (SSSR count). The predicted octanol–water partition coefficient (Wildman–Crippen LogP) is 3.42. The van der Waals surface area contributed by atoms with Crippen LogP contribution in [0.5, 0.6) is 0 Å². The molecule has 1 unspecified atom stereocenters. The molecule has 0 aromatic heterocycles. The highest BCUT2D eigenvalue weighted by molar-refractivity contribution is 7.87. The summed E-state index contributed by atoms with van der Waals surface area (Å²) in [5.41, 5.74) is 2.73. The second kappa shape index (κ2) is 3.93. The standard InChI is InChI=1S/C15H23NOS/c1-14(2,3)11-10-7-9(8-16)13(18(10)17)12(11)15(4,5)6/h9-10,13H,7H2,1-6H3/t9-,10+,13-,18?/m1/s1. The SMILES string of the molecule is CC(C)(C)C1=C(C(C)(C)C)[C@H]2[C@@H](C#N)C[C@@H]1S2=O. The molecule has 100 valence electrons. The minimum absolute atomic E-state index is 0.00715. The van der Waals surface area contributed by atoms with E-state index in [0.717, 1.165) is 6.42 Å². The van der Waals surface area contributed by atoms with Gasteiger partial charge in [-0.15, -0.1) is 0 Å². The summed E-state index contributed by atoms with van der Waals surface area (Å²) in [5.74, 6) is -0.0452. The lowest BCUT2D eigenvalue weighted by Crippen LogP contribution is -2.31. The summed E-state index contributed by atoms with van der Waals surface area (Å²) in [6, 6.07) is 2.37. The van der Waals surface area contributed by atoms with Crippen molar-refractivity contribution < 1.29 is 4.21 Å². The normalized spacial score (nSPS) is 36.1. The largest absolute Gasteiger partial charge is 0.258 e. The van der Waals surface area contributed by atoms with E-state index in [2.05, 4.69) is 47.6 Å². The van der Waals surface area contributed by atoms with Crippen LogP contribution in [-0.4, -0.2) is 14.7 Å². The molecule has 3 heteroatoms. The van der Waals surface area contributed by atoms with E-state index in [1.807, 2.05) is 0 Å². The lowest BCUT2D eigenvalue weighted by molar-refractivity contribution is 0.392. The van der Waals surface area contributed by atoms with Gasteiger partial charge in [-0.2, -0.15) is 5.26 Å². The molecule has 0 aliphatic carbocycles. The Bertz CT molecular complexity index is 470. The van der Waals surface area contributed by atoms with Crippen molar-refractivity contribution in [2.75, 3.05) is 0 Å². The zero-order valence-corrected chi connectivity index (χ0v) is 13.0. The number of rotatable bonds is 0. The first-order valence-electron chi connectivity index (χ1n) is 6.63. The van der Waals surface area contributed by atoms with Crippen LogP contribution in [0.2, 0.25) is 0 Å². The molecule has 18 heavy (non-hydrogen) atoms. The summed E-state index contributed by atoms with van der Waals surface area (Å²) in [6.45, 7) is 13.1. The molecule has 0 radical (unpaired) electrons. The molecule has 2 bridgehead atoms. The van der Waals surface area contributed by atoms with E-state index in [0.29, 0.717) is 0 Å². The van der Waals surface area contributed by atoms with E-state index < -0.39 is 10.8 Å². The van der Waals surface area contributed by atoms with Gasteiger partial charge in [0, 0.05) is 10.8 Å². The smallest absolute Gasteiger partial charge is 0.0730 e. The molecule has 1 fully saturated rings. The lowest BCUT2D eigenvalue weighted by atomic mass is 9.67. The van der Waals surface area contributed by atoms with Gasteiger partial charge in [0.2, 0.25) is 0 Å². The maximum Gasteiger partial charge on any atom is 0.0730 e. The van der Waals surface area contributed by atoms with Crippen molar-refractivity contribution in [3.8, 4) is 6.07 Å². The van der Waals surface area contributed by atoms with Crippen molar-refractivity contribution in [1.29, 1.82) is 5.26 Å².